The molecule has 0 saturated carbocycles. The van der Waals surface area contributed by atoms with Crippen LogP contribution >= 0.6 is 0 Å². The number of aliphatic imine (C=N–C) groups is 1. The second-order valence-electron chi connectivity index (χ2n) is 6.27. The van der Waals surface area contributed by atoms with E-state index in [-0.39, 0.29) is 5.76 Å². The number of aromatic amines is 1. The number of carbonyl (C=O) groups excluding carboxylic acids is 1. The van der Waals surface area contributed by atoms with E-state index in [1.807, 2.05) is 55.4 Å². The maximum atomic E-state index is 11.1. The standard InChI is InChI=1S/C20H24N6O2/c1-3-22-20(24-11-15-9-10-17(28-15)19(21)27)26(2)13-18-23-12-16(25-18)14-7-5-4-6-8-14/h4-10,12H,3,11,13H2,1-2H3,(H2,21,27)(H,22,24)(H,23,25). The van der Waals surface area contributed by atoms with Crippen molar-refractivity contribution in [1.82, 2.24) is 20.2 Å². The minimum absolute atomic E-state index is 0.132. The Labute approximate surface area is 163 Å². The van der Waals surface area contributed by atoms with Crippen molar-refractivity contribution < 1.29 is 9.21 Å². The summed E-state index contributed by atoms with van der Waals surface area (Å²) < 4.78 is 5.38. The lowest BCUT2D eigenvalue weighted by molar-refractivity contribution is 0.0972. The van der Waals surface area contributed by atoms with Crippen LogP contribution in [0.4, 0.5) is 0 Å². The predicted molar refractivity (Wildman–Crippen MR) is 108 cm³/mol. The summed E-state index contributed by atoms with van der Waals surface area (Å²) in [6, 6.07) is 13.3. The molecule has 0 spiro atoms. The maximum absolute atomic E-state index is 11.1. The molecular weight excluding hydrogens is 356 g/mol. The summed E-state index contributed by atoms with van der Waals surface area (Å²) in [5, 5.41) is 3.24. The van der Waals surface area contributed by atoms with Crippen LogP contribution in [-0.2, 0) is 13.1 Å². The van der Waals surface area contributed by atoms with Gasteiger partial charge in [0.2, 0.25) is 0 Å². The Morgan fingerprint density at radius 2 is 2.07 bits per heavy atom. The number of benzene rings is 1. The van der Waals surface area contributed by atoms with Gasteiger partial charge in [0.1, 0.15) is 18.1 Å². The Balaban J connectivity index is 1.67. The molecule has 0 aliphatic heterocycles. The average molecular weight is 380 g/mol. The lowest BCUT2D eigenvalue weighted by atomic mass is 10.2. The van der Waals surface area contributed by atoms with Gasteiger partial charge < -0.3 is 25.4 Å². The first kappa shape index (κ1) is 19.2. The summed E-state index contributed by atoms with van der Waals surface area (Å²) in [7, 11) is 1.93. The van der Waals surface area contributed by atoms with Crippen LogP contribution in [0, 0.1) is 0 Å². The first-order valence-electron chi connectivity index (χ1n) is 9.04. The summed E-state index contributed by atoms with van der Waals surface area (Å²) in [6.45, 7) is 3.58. The van der Waals surface area contributed by atoms with Crippen molar-refractivity contribution in [2.75, 3.05) is 13.6 Å². The van der Waals surface area contributed by atoms with Gasteiger partial charge in [-0.2, -0.15) is 0 Å². The van der Waals surface area contributed by atoms with Crippen molar-refractivity contribution >= 4 is 11.9 Å². The molecule has 3 aromatic rings. The van der Waals surface area contributed by atoms with Crippen LogP contribution in [-0.4, -0.2) is 40.3 Å². The molecule has 0 aliphatic carbocycles. The second-order valence-corrected chi connectivity index (χ2v) is 6.27. The van der Waals surface area contributed by atoms with Crippen molar-refractivity contribution in [3.05, 3.63) is 66.0 Å². The molecule has 0 radical (unpaired) electrons. The molecule has 2 heterocycles. The number of carbonyl (C=O) groups is 1. The molecule has 1 aromatic carbocycles. The van der Waals surface area contributed by atoms with Gasteiger partial charge in [-0.25, -0.2) is 9.98 Å². The number of imidazole rings is 1. The monoisotopic (exact) mass is 380 g/mol. The molecule has 0 fully saturated rings. The van der Waals surface area contributed by atoms with E-state index in [1.165, 1.54) is 0 Å². The van der Waals surface area contributed by atoms with E-state index >= 15 is 0 Å². The van der Waals surface area contributed by atoms with Gasteiger partial charge in [0, 0.05) is 13.6 Å². The molecule has 0 bridgehead atoms. The first-order valence-corrected chi connectivity index (χ1v) is 9.04. The summed E-state index contributed by atoms with van der Waals surface area (Å²) in [6.07, 6.45) is 1.83. The Kier molecular flexibility index (Phi) is 6.11. The van der Waals surface area contributed by atoms with Crippen LogP contribution in [0.2, 0.25) is 0 Å². The quantitative estimate of drug-likeness (QED) is 0.430. The Morgan fingerprint density at radius 3 is 2.75 bits per heavy atom. The number of amides is 1. The van der Waals surface area contributed by atoms with Gasteiger partial charge in [0.25, 0.3) is 5.91 Å². The van der Waals surface area contributed by atoms with Crippen molar-refractivity contribution in [2.24, 2.45) is 10.7 Å². The largest absolute Gasteiger partial charge is 0.454 e. The fourth-order valence-electron chi connectivity index (χ4n) is 2.72. The Morgan fingerprint density at radius 1 is 1.29 bits per heavy atom. The summed E-state index contributed by atoms with van der Waals surface area (Å²) in [4.78, 5) is 25.5. The van der Waals surface area contributed by atoms with E-state index in [2.05, 4.69) is 20.3 Å². The topological polar surface area (TPSA) is 113 Å². The van der Waals surface area contributed by atoms with Crippen molar-refractivity contribution in [3.8, 4) is 11.3 Å². The average Bonchev–Trinajstić information content (AvgIpc) is 3.35. The molecule has 0 atom stereocenters. The smallest absolute Gasteiger partial charge is 0.284 e. The normalized spacial score (nSPS) is 11.4. The fourth-order valence-corrected chi connectivity index (χ4v) is 2.72. The van der Waals surface area contributed by atoms with Crippen LogP contribution in [0.15, 0.2) is 58.1 Å². The second kappa shape index (κ2) is 8.90. The van der Waals surface area contributed by atoms with E-state index in [0.717, 1.165) is 23.6 Å². The lowest BCUT2D eigenvalue weighted by Crippen LogP contribution is -2.38. The molecule has 1 amide bonds. The highest BCUT2D eigenvalue weighted by Gasteiger charge is 2.11. The SMILES string of the molecule is CCNC(=NCc1ccc(C(N)=O)o1)N(C)Cc1ncc(-c2ccccc2)[nH]1. The highest BCUT2D eigenvalue weighted by molar-refractivity contribution is 5.89. The summed E-state index contributed by atoms with van der Waals surface area (Å²) in [5.41, 5.74) is 7.27. The third kappa shape index (κ3) is 4.79. The Hall–Kier alpha value is -3.55. The third-order valence-electron chi connectivity index (χ3n) is 4.09. The molecule has 0 unspecified atom stereocenters. The van der Waals surface area contributed by atoms with Gasteiger partial charge in [0.15, 0.2) is 11.7 Å². The molecule has 4 N–H and O–H groups in total. The molecular formula is C20H24N6O2. The zero-order valence-corrected chi connectivity index (χ0v) is 16.0. The first-order chi connectivity index (χ1) is 13.6. The Bertz CT molecular complexity index is 945. The predicted octanol–water partition coefficient (Wildman–Crippen LogP) is 2.37. The minimum Gasteiger partial charge on any atom is -0.454 e. The number of nitrogens with two attached hydrogens (primary N) is 1. The van der Waals surface area contributed by atoms with Crippen LogP contribution in [0.3, 0.4) is 0 Å². The zero-order valence-electron chi connectivity index (χ0n) is 16.0. The van der Waals surface area contributed by atoms with Crippen LogP contribution in [0.5, 0.6) is 0 Å². The molecule has 3 rings (SSSR count). The molecule has 8 nitrogen and oxygen atoms in total. The van der Waals surface area contributed by atoms with Crippen molar-refractivity contribution in [2.45, 2.75) is 20.0 Å². The number of nitrogens with zero attached hydrogens (tertiary/aromatic N) is 3. The van der Waals surface area contributed by atoms with Gasteiger partial charge in [-0.3, -0.25) is 4.79 Å². The van der Waals surface area contributed by atoms with E-state index < -0.39 is 5.91 Å². The van der Waals surface area contributed by atoms with Gasteiger partial charge in [-0.1, -0.05) is 30.3 Å². The van der Waals surface area contributed by atoms with Crippen molar-refractivity contribution in [1.29, 1.82) is 0 Å². The number of hydrogen-bond donors (Lipinski definition) is 3. The molecule has 0 saturated heterocycles. The van der Waals surface area contributed by atoms with Crippen LogP contribution in [0.1, 0.15) is 29.1 Å². The van der Waals surface area contributed by atoms with Crippen LogP contribution in [0.25, 0.3) is 11.3 Å². The number of guanidine groups is 1. The minimum atomic E-state index is -0.591. The molecule has 8 heteroatoms. The maximum Gasteiger partial charge on any atom is 0.284 e. The third-order valence-corrected chi connectivity index (χ3v) is 4.09. The number of primary amides is 1. The van der Waals surface area contributed by atoms with E-state index in [0.29, 0.717) is 24.8 Å². The number of H-pyrrole nitrogens is 1. The number of furan rings is 1. The molecule has 2 aromatic heterocycles. The van der Waals surface area contributed by atoms with Gasteiger partial charge in [0.05, 0.1) is 18.4 Å². The van der Waals surface area contributed by atoms with E-state index in [4.69, 9.17) is 10.2 Å². The zero-order chi connectivity index (χ0) is 19.9. The summed E-state index contributed by atoms with van der Waals surface area (Å²) in [5.74, 6) is 1.65. The molecule has 28 heavy (non-hydrogen) atoms. The number of aromatic nitrogens is 2. The number of rotatable bonds is 7. The van der Waals surface area contributed by atoms with Gasteiger partial charge in [-0.05, 0) is 24.6 Å². The van der Waals surface area contributed by atoms with Crippen LogP contribution < -0.4 is 11.1 Å². The number of hydrogen-bond acceptors (Lipinski definition) is 4. The lowest BCUT2D eigenvalue weighted by Gasteiger charge is -2.20. The highest BCUT2D eigenvalue weighted by atomic mass is 16.3. The van der Waals surface area contributed by atoms with E-state index in [9.17, 15) is 4.79 Å². The van der Waals surface area contributed by atoms with Gasteiger partial charge >= 0.3 is 0 Å². The van der Waals surface area contributed by atoms with Crippen molar-refractivity contribution in [3.63, 3.8) is 0 Å². The van der Waals surface area contributed by atoms with Gasteiger partial charge in [-0.15, -0.1) is 0 Å². The highest BCUT2D eigenvalue weighted by Crippen LogP contribution is 2.16. The number of nitrogens with one attached hydrogen (secondary N) is 2. The fraction of sp³-hybridized carbons (Fsp3) is 0.250. The molecule has 146 valence electrons. The summed E-state index contributed by atoms with van der Waals surface area (Å²) >= 11 is 0. The van der Waals surface area contributed by atoms with E-state index in [1.54, 1.807) is 12.1 Å². The molecule has 0 aliphatic rings.